The summed E-state index contributed by atoms with van der Waals surface area (Å²) in [5.41, 5.74) is 9.75. The van der Waals surface area contributed by atoms with E-state index < -0.39 is 0 Å². The molecule has 5 heteroatoms. The first kappa shape index (κ1) is 14.2. The Morgan fingerprint density at radius 2 is 2.05 bits per heavy atom. The van der Waals surface area contributed by atoms with Crippen LogP contribution >= 0.6 is 11.8 Å². The smallest absolute Gasteiger partial charge is 0.308 e. The van der Waals surface area contributed by atoms with Gasteiger partial charge in [-0.05, 0) is 36.6 Å². The normalized spacial score (nSPS) is 17.3. The predicted octanol–water partition coefficient (Wildman–Crippen LogP) is 1.78. The van der Waals surface area contributed by atoms with Gasteiger partial charge in [0, 0.05) is 13.1 Å². The number of hydrogen-bond donors (Lipinski definition) is 1. The monoisotopic (exact) mass is 280 g/mol. The van der Waals surface area contributed by atoms with E-state index >= 15 is 0 Å². The summed E-state index contributed by atoms with van der Waals surface area (Å²) in [5, 5.41) is 0.809. The van der Waals surface area contributed by atoms with Crippen LogP contribution in [0, 0.1) is 6.92 Å². The highest BCUT2D eigenvalue weighted by atomic mass is 32.2. The fourth-order valence-corrected chi connectivity index (χ4v) is 2.75. The molecule has 4 nitrogen and oxygen atoms in total. The first-order valence-electron chi connectivity index (χ1n) is 6.47. The molecule has 1 fully saturated rings. The van der Waals surface area contributed by atoms with Crippen LogP contribution in [0.5, 0.6) is 0 Å². The molecule has 0 radical (unpaired) electrons. The summed E-state index contributed by atoms with van der Waals surface area (Å²) in [6.45, 7) is 5.58. The summed E-state index contributed by atoms with van der Waals surface area (Å²) in [6, 6.07) is 6.40. The van der Waals surface area contributed by atoms with Crippen molar-refractivity contribution in [3.05, 3.63) is 23.8 Å². The second-order valence-corrected chi connectivity index (χ2v) is 5.47. The molecule has 1 aromatic carbocycles. The molecule has 0 atom stereocenters. The maximum atomic E-state index is 6.08. The van der Waals surface area contributed by atoms with Gasteiger partial charge >= 0.3 is 5.17 Å². The van der Waals surface area contributed by atoms with Gasteiger partial charge in [0.25, 0.3) is 0 Å². The molecule has 2 N–H and O–H groups in total. The molecule has 1 heterocycles. The summed E-state index contributed by atoms with van der Waals surface area (Å²) in [7, 11) is 2.03. The highest BCUT2D eigenvalue weighted by molar-refractivity contribution is 8.12. The number of thioether (sulfide) groups is 1. The van der Waals surface area contributed by atoms with Gasteiger partial charge < -0.3 is 9.64 Å². The molecular formula is C14H22N3OS+. The van der Waals surface area contributed by atoms with Crippen LogP contribution in [0.3, 0.4) is 0 Å². The minimum absolute atomic E-state index is 0.790. The lowest BCUT2D eigenvalue weighted by atomic mass is 10.1. The number of para-hydroxylation sites is 1. The summed E-state index contributed by atoms with van der Waals surface area (Å²) in [4.78, 5) is 2.37. The van der Waals surface area contributed by atoms with Gasteiger partial charge in [-0.1, -0.05) is 12.1 Å². The number of benzene rings is 1. The first-order valence-corrected chi connectivity index (χ1v) is 7.70. The van der Waals surface area contributed by atoms with Crippen molar-refractivity contribution in [3.8, 4) is 0 Å². The molecule has 1 aliphatic rings. The molecule has 0 aliphatic carbocycles. The highest BCUT2D eigenvalue weighted by Crippen LogP contribution is 2.32. The van der Waals surface area contributed by atoms with E-state index in [0.29, 0.717) is 0 Å². The van der Waals surface area contributed by atoms with Crippen LogP contribution in [0.2, 0.25) is 0 Å². The SMILES string of the molecule is CSC(N)=[N+](C)c1c(C)cccc1N1CCOCC1. The average Bonchev–Trinajstić information content (AvgIpc) is 2.46. The number of ether oxygens (including phenoxy) is 1. The van der Waals surface area contributed by atoms with Crippen molar-refractivity contribution in [1.29, 1.82) is 0 Å². The predicted molar refractivity (Wildman–Crippen MR) is 82.8 cm³/mol. The van der Waals surface area contributed by atoms with Crippen molar-refractivity contribution in [2.75, 3.05) is 44.5 Å². The van der Waals surface area contributed by atoms with Crippen LogP contribution in [-0.4, -0.2) is 49.3 Å². The van der Waals surface area contributed by atoms with Crippen molar-refractivity contribution in [1.82, 2.24) is 0 Å². The van der Waals surface area contributed by atoms with Gasteiger partial charge in [0.15, 0.2) is 5.69 Å². The fraction of sp³-hybridized carbons (Fsp3) is 0.500. The Kier molecular flexibility index (Phi) is 4.71. The molecule has 0 spiro atoms. The summed E-state index contributed by atoms with van der Waals surface area (Å²) in [6.07, 6.45) is 2.00. The summed E-state index contributed by atoms with van der Waals surface area (Å²) < 4.78 is 7.51. The Morgan fingerprint density at radius 1 is 1.37 bits per heavy atom. The van der Waals surface area contributed by atoms with Crippen LogP contribution < -0.4 is 10.6 Å². The lowest BCUT2D eigenvalue weighted by Crippen LogP contribution is -2.37. The first-order chi connectivity index (χ1) is 9.15. The number of hydrogen-bond acceptors (Lipinski definition) is 3. The number of anilines is 1. The van der Waals surface area contributed by atoms with E-state index in [0.717, 1.165) is 31.5 Å². The third kappa shape index (κ3) is 3.04. The second-order valence-electron chi connectivity index (χ2n) is 4.64. The maximum absolute atomic E-state index is 6.08. The number of morpholine rings is 1. The lowest BCUT2D eigenvalue weighted by Gasteiger charge is -2.30. The minimum atomic E-state index is 0.790. The lowest BCUT2D eigenvalue weighted by molar-refractivity contribution is -0.402. The number of aryl methyl sites for hydroxylation is 1. The van der Waals surface area contributed by atoms with E-state index in [1.807, 2.05) is 13.3 Å². The Bertz CT molecular complexity index is 482. The van der Waals surface area contributed by atoms with E-state index in [-0.39, 0.29) is 0 Å². The summed E-state index contributed by atoms with van der Waals surface area (Å²) >= 11 is 1.57. The van der Waals surface area contributed by atoms with E-state index in [4.69, 9.17) is 10.5 Å². The molecule has 0 bridgehead atoms. The van der Waals surface area contributed by atoms with Crippen LogP contribution in [0.15, 0.2) is 18.2 Å². The van der Waals surface area contributed by atoms with Crippen molar-refractivity contribution in [3.63, 3.8) is 0 Å². The Morgan fingerprint density at radius 3 is 2.68 bits per heavy atom. The molecule has 0 saturated carbocycles. The molecule has 2 rings (SSSR count). The third-order valence-electron chi connectivity index (χ3n) is 3.44. The molecular weight excluding hydrogens is 258 g/mol. The largest absolute Gasteiger partial charge is 0.378 e. The van der Waals surface area contributed by atoms with Crippen molar-refractivity contribution in [2.45, 2.75) is 6.92 Å². The topological polar surface area (TPSA) is 41.5 Å². The fourth-order valence-electron chi connectivity index (χ4n) is 2.39. The Labute approximate surface area is 119 Å². The maximum Gasteiger partial charge on any atom is 0.308 e. The summed E-state index contributed by atoms with van der Waals surface area (Å²) in [5.74, 6) is 0. The Balaban J connectivity index is 2.46. The zero-order valence-corrected chi connectivity index (χ0v) is 12.7. The zero-order valence-electron chi connectivity index (χ0n) is 11.8. The van der Waals surface area contributed by atoms with Crippen molar-refractivity contribution in [2.24, 2.45) is 5.73 Å². The van der Waals surface area contributed by atoms with E-state index in [9.17, 15) is 0 Å². The van der Waals surface area contributed by atoms with Gasteiger partial charge in [0.2, 0.25) is 0 Å². The quantitative estimate of drug-likeness (QED) is 0.509. The number of nitrogens with two attached hydrogens (primary N) is 1. The molecule has 0 amide bonds. The molecule has 0 unspecified atom stereocenters. The van der Waals surface area contributed by atoms with Gasteiger partial charge in [-0.2, -0.15) is 0 Å². The average molecular weight is 280 g/mol. The second kappa shape index (κ2) is 6.30. The number of amidine groups is 1. The van der Waals surface area contributed by atoms with E-state index in [2.05, 4.69) is 34.6 Å². The van der Waals surface area contributed by atoms with E-state index in [1.165, 1.54) is 16.9 Å². The Hall–Kier alpha value is -1.20. The number of nitrogens with zero attached hydrogens (tertiary/aromatic N) is 2. The van der Waals surface area contributed by atoms with E-state index in [1.54, 1.807) is 11.8 Å². The van der Waals surface area contributed by atoms with Crippen LogP contribution in [-0.2, 0) is 4.74 Å². The van der Waals surface area contributed by atoms with Gasteiger partial charge in [-0.3, -0.25) is 5.73 Å². The molecule has 0 aromatic heterocycles. The molecule has 19 heavy (non-hydrogen) atoms. The van der Waals surface area contributed by atoms with Crippen LogP contribution in [0.4, 0.5) is 11.4 Å². The molecule has 104 valence electrons. The van der Waals surface area contributed by atoms with Gasteiger partial charge in [0.1, 0.15) is 0 Å². The van der Waals surface area contributed by atoms with Gasteiger partial charge in [-0.25, -0.2) is 4.58 Å². The zero-order chi connectivity index (χ0) is 13.8. The molecule has 1 aliphatic heterocycles. The van der Waals surface area contributed by atoms with Gasteiger partial charge in [0.05, 0.1) is 25.9 Å². The molecule has 1 aromatic rings. The number of rotatable bonds is 2. The van der Waals surface area contributed by atoms with Crippen LogP contribution in [0.1, 0.15) is 5.56 Å². The standard InChI is InChI=1S/C14H21N3OS/c1-11-5-4-6-12(17-7-9-18-10-8-17)13(11)16(2)14(15)19-3/h4-6,15H,7-10H2,1-3H3/p+1. The minimum Gasteiger partial charge on any atom is -0.378 e. The highest BCUT2D eigenvalue weighted by Gasteiger charge is 2.20. The van der Waals surface area contributed by atoms with Crippen molar-refractivity contribution < 1.29 is 9.31 Å². The van der Waals surface area contributed by atoms with Gasteiger partial charge in [-0.15, -0.1) is 0 Å². The molecule has 1 saturated heterocycles. The third-order valence-corrected chi connectivity index (χ3v) is 4.14. The van der Waals surface area contributed by atoms with Crippen LogP contribution in [0.25, 0.3) is 0 Å². The van der Waals surface area contributed by atoms with Crippen molar-refractivity contribution >= 4 is 28.3 Å².